The minimum Gasteiger partial charge on any atom is -0.377 e. The van der Waals surface area contributed by atoms with Crippen LogP contribution in [0.5, 0.6) is 0 Å². The molecule has 1 aromatic heterocycles. The van der Waals surface area contributed by atoms with Gasteiger partial charge < -0.3 is 19.3 Å². The lowest BCUT2D eigenvalue weighted by Crippen LogP contribution is -2.46. The molecule has 0 saturated carbocycles. The lowest BCUT2D eigenvalue weighted by atomic mass is 10.2. The first-order chi connectivity index (χ1) is 10.1. The standard InChI is InChI=1S/C14H21ClN4O2/c1-10-8-20-5-3-18(10)13-7-12(15)16-14(17-13)19-4-6-21-9-11(19)2/h7,10-11H,3-6,8-9H2,1-2H3/t10-,11-/m1/s1. The molecule has 0 spiro atoms. The molecule has 21 heavy (non-hydrogen) atoms. The molecule has 2 fully saturated rings. The number of nitrogens with zero attached hydrogens (tertiary/aromatic N) is 4. The number of rotatable bonds is 2. The summed E-state index contributed by atoms with van der Waals surface area (Å²) >= 11 is 6.22. The second-order valence-corrected chi connectivity index (χ2v) is 5.97. The molecule has 0 amide bonds. The number of anilines is 2. The van der Waals surface area contributed by atoms with E-state index in [2.05, 4.69) is 28.6 Å². The average molecular weight is 313 g/mol. The molecular weight excluding hydrogens is 292 g/mol. The molecule has 3 rings (SSSR count). The van der Waals surface area contributed by atoms with E-state index in [1.54, 1.807) is 0 Å². The van der Waals surface area contributed by atoms with Gasteiger partial charge in [0.2, 0.25) is 5.95 Å². The monoisotopic (exact) mass is 312 g/mol. The number of halogens is 1. The molecule has 0 bridgehead atoms. The predicted molar refractivity (Wildman–Crippen MR) is 82.3 cm³/mol. The number of aromatic nitrogens is 2. The Balaban J connectivity index is 1.88. The fourth-order valence-electron chi connectivity index (χ4n) is 2.76. The van der Waals surface area contributed by atoms with Gasteiger partial charge in [-0.05, 0) is 13.8 Å². The second-order valence-electron chi connectivity index (χ2n) is 5.58. The van der Waals surface area contributed by atoms with Crippen molar-refractivity contribution in [2.24, 2.45) is 0 Å². The van der Waals surface area contributed by atoms with Gasteiger partial charge in [-0.1, -0.05) is 11.6 Å². The minimum atomic E-state index is 0.257. The Morgan fingerprint density at radius 3 is 2.29 bits per heavy atom. The van der Waals surface area contributed by atoms with E-state index in [0.717, 1.165) is 25.5 Å². The van der Waals surface area contributed by atoms with Crippen molar-refractivity contribution in [1.29, 1.82) is 0 Å². The molecule has 2 saturated heterocycles. The van der Waals surface area contributed by atoms with Crippen LogP contribution in [-0.2, 0) is 9.47 Å². The largest absolute Gasteiger partial charge is 0.377 e. The van der Waals surface area contributed by atoms with Crippen LogP contribution in [0.3, 0.4) is 0 Å². The molecule has 0 aliphatic carbocycles. The van der Waals surface area contributed by atoms with Crippen molar-refractivity contribution in [2.45, 2.75) is 25.9 Å². The predicted octanol–water partition coefficient (Wildman–Crippen LogP) is 1.58. The highest BCUT2D eigenvalue weighted by molar-refractivity contribution is 6.29. The number of morpholine rings is 2. The molecule has 116 valence electrons. The summed E-state index contributed by atoms with van der Waals surface area (Å²) in [7, 11) is 0. The van der Waals surface area contributed by atoms with E-state index in [9.17, 15) is 0 Å². The van der Waals surface area contributed by atoms with Gasteiger partial charge in [-0.25, -0.2) is 4.98 Å². The van der Waals surface area contributed by atoms with Crippen LogP contribution < -0.4 is 9.80 Å². The topological polar surface area (TPSA) is 50.7 Å². The van der Waals surface area contributed by atoms with Gasteiger partial charge in [0.05, 0.1) is 38.5 Å². The molecule has 0 unspecified atom stereocenters. The second kappa shape index (κ2) is 6.34. The van der Waals surface area contributed by atoms with E-state index < -0.39 is 0 Å². The summed E-state index contributed by atoms with van der Waals surface area (Å²) in [6.45, 7) is 8.68. The summed E-state index contributed by atoms with van der Waals surface area (Å²) in [5.41, 5.74) is 0. The number of ether oxygens (including phenoxy) is 2. The highest BCUT2D eigenvalue weighted by Gasteiger charge is 2.25. The summed E-state index contributed by atoms with van der Waals surface area (Å²) in [5, 5.41) is 0.479. The maximum absolute atomic E-state index is 6.22. The Bertz CT molecular complexity index is 462. The Kier molecular flexibility index (Phi) is 4.47. The maximum Gasteiger partial charge on any atom is 0.229 e. The Morgan fingerprint density at radius 1 is 1.05 bits per heavy atom. The van der Waals surface area contributed by atoms with Crippen LogP contribution >= 0.6 is 11.6 Å². The van der Waals surface area contributed by atoms with Crippen molar-refractivity contribution in [1.82, 2.24) is 9.97 Å². The number of hydrogen-bond acceptors (Lipinski definition) is 6. The Hall–Kier alpha value is -1.11. The Labute approximate surface area is 130 Å². The maximum atomic E-state index is 6.22. The normalized spacial score (nSPS) is 27.0. The van der Waals surface area contributed by atoms with E-state index in [1.807, 2.05) is 6.07 Å². The zero-order valence-electron chi connectivity index (χ0n) is 12.5. The first-order valence-electron chi connectivity index (χ1n) is 7.38. The Morgan fingerprint density at radius 2 is 1.67 bits per heavy atom. The van der Waals surface area contributed by atoms with Gasteiger partial charge in [0.15, 0.2) is 0 Å². The van der Waals surface area contributed by atoms with Gasteiger partial charge in [-0.2, -0.15) is 4.98 Å². The van der Waals surface area contributed by atoms with Gasteiger partial charge in [-0.15, -0.1) is 0 Å². The van der Waals surface area contributed by atoms with Crippen LogP contribution in [0.1, 0.15) is 13.8 Å². The van der Waals surface area contributed by atoms with E-state index in [-0.39, 0.29) is 6.04 Å². The number of hydrogen-bond donors (Lipinski definition) is 0. The average Bonchev–Trinajstić information content (AvgIpc) is 2.47. The van der Waals surface area contributed by atoms with Crippen molar-refractivity contribution in [3.05, 3.63) is 11.2 Å². The van der Waals surface area contributed by atoms with Crippen molar-refractivity contribution >= 4 is 23.4 Å². The van der Waals surface area contributed by atoms with Gasteiger partial charge in [0.1, 0.15) is 11.0 Å². The molecule has 2 atom stereocenters. The van der Waals surface area contributed by atoms with Gasteiger partial charge in [0, 0.05) is 19.2 Å². The van der Waals surface area contributed by atoms with Crippen molar-refractivity contribution in [3.63, 3.8) is 0 Å². The first-order valence-corrected chi connectivity index (χ1v) is 7.76. The SMILES string of the molecule is C[C@@H]1COCCN1c1cc(Cl)nc(N2CCOC[C@H]2C)n1. The molecule has 2 aliphatic rings. The van der Waals surface area contributed by atoms with Crippen LogP contribution in [0.25, 0.3) is 0 Å². The van der Waals surface area contributed by atoms with Crippen LogP contribution in [0.4, 0.5) is 11.8 Å². The molecule has 0 N–H and O–H groups in total. The third kappa shape index (κ3) is 3.22. The third-order valence-electron chi connectivity index (χ3n) is 3.96. The van der Waals surface area contributed by atoms with Crippen LogP contribution in [0.2, 0.25) is 5.15 Å². The third-order valence-corrected chi connectivity index (χ3v) is 4.15. The smallest absolute Gasteiger partial charge is 0.229 e. The summed E-state index contributed by atoms with van der Waals surface area (Å²) in [5.74, 6) is 1.56. The van der Waals surface area contributed by atoms with E-state index in [1.165, 1.54) is 0 Å². The van der Waals surface area contributed by atoms with Crippen LogP contribution in [0, 0.1) is 0 Å². The fourth-order valence-corrected chi connectivity index (χ4v) is 2.93. The summed E-state index contributed by atoms with van der Waals surface area (Å²) in [4.78, 5) is 13.5. The zero-order valence-corrected chi connectivity index (χ0v) is 13.2. The van der Waals surface area contributed by atoms with Crippen LogP contribution in [0.15, 0.2) is 6.07 Å². The molecule has 7 heteroatoms. The zero-order chi connectivity index (χ0) is 14.8. The molecule has 3 heterocycles. The molecule has 2 aliphatic heterocycles. The molecular formula is C14H21ClN4O2. The molecule has 0 radical (unpaired) electrons. The van der Waals surface area contributed by atoms with E-state index in [4.69, 9.17) is 26.1 Å². The highest BCUT2D eigenvalue weighted by Crippen LogP contribution is 2.25. The first kappa shape index (κ1) is 14.8. The molecule has 6 nitrogen and oxygen atoms in total. The summed E-state index contributed by atoms with van der Waals surface area (Å²) < 4.78 is 11.0. The van der Waals surface area contributed by atoms with Crippen molar-refractivity contribution < 1.29 is 9.47 Å². The molecule has 1 aromatic rings. The van der Waals surface area contributed by atoms with Crippen molar-refractivity contribution in [2.75, 3.05) is 49.3 Å². The van der Waals surface area contributed by atoms with E-state index in [0.29, 0.717) is 37.0 Å². The van der Waals surface area contributed by atoms with Crippen molar-refractivity contribution in [3.8, 4) is 0 Å². The lowest BCUT2D eigenvalue weighted by Gasteiger charge is -2.36. The molecule has 0 aromatic carbocycles. The minimum absolute atomic E-state index is 0.257. The van der Waals surface area contributed by atoms with Gasteiger partial charge >= 0.3 is 0 Å². The van der Waals surface area contributed by atoms with Gasteiger partial charge in [-0.3, -0.25) is 0 Å². The lowest BCUT2D eigenvalue weighted by molar-refractivity contribution is 0.0972. The fraction of sp³-hybridized carbons (Fsp3) is 0.714. The van der Waals surface area contributed by atoms with Gasteiger partial charge in [0.25, 0.3) is 0 Å². The summed E-state index contributed by atoms with van der Waals surface area (Å²) in [6.07, 6.45) is 0. The highest BCUT2D eigenvalue weighted by atomic mass is 35.5. The van der Waals surface area contributed by atoms with Crippen LogP contribution in [-0.4, -0.2) is 61.6 Å². The quantitative estimate of drug-likeness (QED) is 0.773. The summed E-state index contributed by atoms with van der Waals surface area (Å²) in [6, 6.07) is 2.38. The van der Waals surface area contributed by atoms with E-state index >= 15 is 0 Å².